The molecular weight excluding hydrogens is 220 g/mol. The molecule has 1 aliphatic heterocycles. The molecule has 4 heteroatoms. The second-order valence-corrected chi connectivity index (χ2v) is 5.21. The normalized spacial score (nSPS) is 22.2. The summed E-state index contributed by atoms with van der Waals surface area (Å²) >= 11 is 4.87. The number of rotatable bonds is 7. The van der Waals surface area contributed by atoms with E-state index < -0.39 is 0 Å². The minimum absolute atomic E-state index is 0.649. The lowest BCUT2D eigenvalue weighted by molar-refractivity contribution is 0.0900. The molecule has 0 bridgehead atoms. The predicted molar refractivity (Wildman–Crippen MR) is 71.7 cm³/mol. The number of methoxy groups -OCH3 is 1. The van der Waals surface area contributed by atoms with Crippen LogP contribution >= 0.6 is 12.2 Å². The van der Waals surface area contributed by atoms with Gasteiger partial charge in [-0.2, -0.15) is 0 Å². The van der Waals surface area contributed by atoms with Crippen molar-refractivity contribution in [1.29, 1.82) is 0 Å². The number of nitrogens with zero attached hydrogens (tertiary/aromatic N) is 1. The minimum Gasteiger partial charge on any atom is -0.393 e. The Morgan fingerprint density at radius 2 is 2.31 bits per heavy atom. The van der Waals surface area contributed by atoms with E-state index in [2.05, 4.69) is 4.90 Å². The summed E-state index contributed by atoms with van der Waals surface area (Å²) in [7, 11) is 1.79. The highest BCUT2D eigenvalue weighted by Crippen LogP contribution is 2.17. The molecule has 0 radical (unpaired) electrons. The van der Waals surface area contributed by atoms with Crippen molar-refractivity contribution in [1.82, 2.24) is 4.90 Å². The molecule has 1 saturated heterocycles. The number of hydrogen-bond acceptors (Lipinski definition) is 3. The number of nitrogens with two attached hydrogens (primary N) is 1. The number of hydrogen-bond donors (Lipinski definition) is 1. The van der Waals surface area contributed by atoms with Crippen molar-refractivity contribution in [3.8, 4) is 0 Å². The maximum atomic E-state index is 5.47. The zero-order valence-electron chi connectivity index (χ0n) is 10.3. The first kappa shape index (κ1) is 13.9. The van der Waals surface area contributed by atoms with Crippen molar-refractivity contribution in [2.75, 3.05) is 33.4 Å². The lowest BCUT2D eigenvalue weighted by Gasteiger charge is -2.32. The molecule has 0 saturated carbocycles. The molecule has 1 fully saturated rings. The summed E-state index contributed by atoms with van der Waals surface area (Å²) in [5.74, 6) is 0.731. The standard InChI is InChI=1S/C12H24N2OS/c1-15-10-11-5-4-8-14(9-11)7-3-2-6-12(13)16/h11H,2-10H2,1H3,(H2,13,16). The SMILES string of the molecule is COCC1CCCN(CCCCC(N)=S)C1. The summed E-state index contributed by atoms with van der Waals surface area (Å²) in [5.41, 5.74) is 5.47. The quantitative estimate of drug-likeness (QED) is 0.547. The smallest absolute Gasteiger partial charge is 0.0727 e. The molecule has 94 valence electrons. The van der Waals surface area contributed by atoms with E-state index in [0.717, 1.165) is 25.4 Å². The van der Waals surface area contributed by atoms with E-state index in [1.54, 1.807) is 7.11 Å². The van der Waals surface area contributed by atoms with E-state index >= 15 is 0 Å². The zero-order chi connectivity index (χ0) is 11.8. The molecule has 16 heavy (non-hydrogen) atoms. The fraction of sp³-hybridized carbons (Fsp3) is 0.917. The Labute approximate surface area is 104 Å². The lowest BCUT2D eigenvalue weighted by Crippen LogP contribution is -2.37. The van der Waals surface area contributed by atoms with Gasteiger partial charge >= 0.3 is 0 Å². The number of piperidine rings is 1. The number of ether oxygens (including phenoxy) is 1. The third-order valence-corrected chi connectivity index (χ3v) is 3.36. The van der Waals surface area contributed by atoms with Crippen molar-refractivity contribution in [2.45, 2.75) is 32.1 Å². The van der Waals surface area contributed by atoms with Crippen LogP contribution in [0.1, 0.15) is 32.1 Å². The Kier molecular flexibility index (Phi) is 6.92. The number of thiocarbonyl (C=S) groups is 1. The van der Waals surface area contributed by atoms with Crippen molar-refractivity contribution < 1.29 is 4.74 Å². The predicted octanol–water partition coefficient (Wildman–Crippen LogP) is 1.80. The van der Waals surface area contributed by atoms with Gasteiger partial charge < -0.3 is 15.4 Å². The largest absolute Gasteiger partial charge is 0.393 e. The summed E-state index contributed by atoms with van der Waals surface area (Å²) in [6.07, 6.45) is 5.85. The van der Waals surface area contributed by atoms with Crippen molar-refractivity contribution >= 4 is 17.2 Å². The van der Waals surface area contributed by atoms with Crippen molar-refractivity contribution in [3.05, 3.63) is 0 Å². The van der Waals surface area contributed by atoms with Gasteiger partial charge in [0.1, 0.15) is 0 Å². The first-order valence-electron chi connectivity index (χ1n) is 6.22. The molecule has 0 aliphatic carbocycles. The van der Waals surface area contributed by atoms with Gasteiger partial charge in [-0.3, -0.25) is 0 Å². The van der Waals surface area contributed by atoms with Crippen molar-refractivity contribution in [3.63, 3.8) is 0 Å². The fourth-order valence-corrected chi connectivity index (χ4v) is 2.51. The van der Waals surface area contributed by atoms with E-state index in [4.69, 9.17) is 22.7 Å². The molecular formula is C12H24N2OS. The van der Waals surface area contributed by atoms with Crippen LogP contribution in [0.2, 0.25) is 0 Å². The average Bonchev–Trinajstić information content (AvgIpc) is 2.25. The van der Waals surface area contributed by atoms with Crippen LogP contribution in [0.25, 0.3) is 0 Å². The van der Waals surface area contributed by atoms with Gasteiger partial charge in [0, 0.05) is 13.7 Å². The second-order valence-electron chi connectivity index (χ2n) is 4.69. The van der Waals surface area contributed by atoms with Crippen LogP contribution in [0.3, 0.4) is 0 Å². The maximum Gasteiger partial charge on any atom is 0.0727 e. The lowest BCUT2D eigenvalue weighted by atomic mass is 9.99. The van der Waals surface area contributed by atoms with E-state index in [9.17, 15) is 0 Å². The highest BCUT2D eigenvalue weighted by atomic mass is 32.1. The van der Waals surface area contributed by atoms with Crippen LogP contribution in [0.15, 0.2) is 0 Å². The monoisotopic (exact) mass is 244 g/mol. The molecule has 1 heterocycles. The zero-order valence-corrected chi connectivity index (χ0v) is 11.1. The molecule has 0 spiro atoms. The van der Waals surface area contributed by atoms with Gasteiger partial charge in [-0.1, -0.05) is 12.2 Å². The van der Waals surface area contributed by atoms with Crippen LogP contribution in [0, 0.1) is 5.92 Å². The summed E-state index contributed by atoms with van der Waals surface area (Å²) < 4.78 is 5.23. The van der Waals surface area contributed by atoms with E-state index in [0.29, 0.717) is 4.99 Å². The summed E-state index contributed by atoms with van der Waals surface area (Å²) in [5, 5.41) is 0. The first-order chi connectivity index (χ1) is 7.72. The van der Waals surface area contributed by atoms with E-state index in [1.165, 1.54) is 38.9 Å². The van der Waals surface area contributed by atoms with Gasteiger partial charge in [-0.05, 0) is 51.1 Å². The van der Waals surface area contributed by atoms with Gasteiger partial charge in [0.2, 0.25) is 0 Å². The molecule has 2 N–H and O–H groups in total. The average molecular weight is 244 g/mol. The van der Waals surface area contributed by atoms with Gasteiger partial charge in [-0.15, -0.1) is 0 Å². The molecule has 1 unspecified atom stereocenters. The Morgan fingerprint density at radius 1 is 1.50 bits per heavy atom. The van der Waals surface area contributed by atoms with E-state index in [1.807, 2.05) is 0 Å². The Hall–Kier alpha value is -0.190. The number of likely N-dealkylation sites (tertiary alicyclic amines) is 1. The third-order valence-electron chi connectivity index (χ3n) is 3.15. The molecule has 0 aromatic rings. The van der Waals surface area contributed by atoms with E-state index in [-0.39, 0.29) is 0 Å². The molecule has 3 nitrogen and oxygen atoms in total. The fourth-order valence-electron chi connectivity index (χ4n) is 2.36. The Bertz CT molecular complexity index is 209. The third kappa shape index (κ3) is 5.77. The molecule has 1 atom stereocenters. The Morgan fingerprint density at radius 3 is 3.00 bits per heavy atom. The van der Waals surface area contributed by atoms with Gasteiger partial charge in [0.15, 0.2) is 0 Å². The summed E-state index contributed by atoms with van der Waals surface area (Å²) in [6.45, 7) is 4.53. The highest BCUT2D eigenvalue weighted by molar-refractivity contribution is 7.80. The van der Waals surface area contributed by atoms with Gasteiger partial charge in [0.05, 0.1) is 11.6 Å². The summed E-state index contributed by atoms with van der Waals surface area (Å²) in [6, 6.07) is 0. The van der Waals surface area contributed by atoms with Crippen LogP contribution in [0.5, 0.6) is 0 Å². The molecule has 1 rings (SSSR count). The van der Waals surface area contributed by atoms with Crippen LogP contribution in [0.4, 0.5) is 0 Å². The minimum atomic E-state index is 0.649. The number of unbranched alkanes of at least 4 members (excludes halogenated alkanes) is 1. The van der Waals surface area contributed by atoms with Crippen molar-refractivity contribution in [2.24, 2.45) is 11.7 Å². The topological polar surface area (TPSA) is 38.5 Å². The summed E-state index contributed by atoms with van der Waals surface area (Å²) in [4.78, 5) is 3.20. The highest BCUT2D eigenvalue weighted by Gasteiger charge is 2.18. The second kappa shape index (κ2) is 7.98. The first-order valence-corrected chi connectivity index (χ1v) is 6.62. The molecule has 0 aromatic carbocycles. The van der Waals surface area contributed by atoms with Crippen LogP contribution in [-0.4, -0.2) is 43.2 Å². The molecule has 0 aromatic heterocycles. The van der Waals surface area contributed by atoms with Crippen LogP contribution < -0.4 is 5.73 Å². The van der Waals surface area contributed by atoms with Gasteiger partial charge in [0.25, 0.3) is 0 Å². The Balaban J connectivity index is 2.09. The maximum absolute atomic E-state index is 5.47. The molecule has 1 aliphatic rings. The molecule has 0 amide bonds. The van der Waals surface area contributed by atoms with Gasteiger partial charge in [-0.25, -0.2) is 0 Å². The van der Waals surface area contributed by atoms with Crippen LogP contribution in [-0.2, 0) is 4.74 Å².